The van der Waals surface area contributed by atoms with E-state index in [0.717, 1.165) is 13.0 Å². The highest BCUT2D eigenvalue weighted by atomic mass is 14.9. The molecule has 1 atom stereocenters. The Balaban J connectivity index is 2.15. The van der Waals surface area contributed by atoms with Crippen LogP contribution in [0.25, 0.3) is 0 Å². The molecular weight excluding hydrogens is 218 g/mol. The summed E-state index contributed by atoms with van der Waals surface area (Å²) in [5.41, 5.74) is 1.83. The van der Waals surface area contributed by atoms with Gasteiger partial charge in [0.25, 0.3) is 0 Å². The van der Waals surface area contributed by atoms with Crippen molar-refractivity contribution in [2.75, 3.05) is 6.54 Å². The van der Waals surface area contributed by atoms with Crippen LogP contribution >= 0.6 is 0 Å². The second-order valence-corrected chi connectivity index (χ2v) is 5.16. The zero-order chi connectivity index (χ0) is 12.8. The van der Waals surface area contributed by atoms with Crippen molar-refractivity contribution in [2.45, 2.75) is 51.0 Å². The van der Waals surface area contributed by atoms with E-state index < -0.39 is 0 Å². The molecule has 0 radical (unpaired) electrons. The molecule has 1 aliphatic carbocycles. The fraction of sp³-hybridized carbons (Fsp3) is 0.529. The Hall–Kier alpha value is -1.26. The monoisotopic (exact) mass is 241 g/mol. The fourth-order valence-corrected chi connectivity index (χ4v) is 2.73. The van der Waals surface area contributed by atoms with Gasteiger partial charge in [-0.25, -0.2) is 0 Å². The first-order valence-corrected chi connectivity index (χ1v) is 7.02. The Kier molecular flexibility index (Phi) is 4.44. The van der Waals surface area contributed by atoms with Crippen LogP contribution in [0.2, 0.25) is 0 Å². The molecule has 1 unspecified atom stereocenters. The van der Waals surface area contributed by atoms with Crippen molar-refractivity contribution >= 4 is 0 Å². The first kappa shape index (κ1) is 13.2. The van der Waals surface area contributed by atoms with Crippen molar-refractivity contribution in [3.63, 3.8) is 0 Å². The van der Waals surface area contributed by atoms with E-state index in [-0.39, 0.29) is 0 Å². The third-order valence-electron chi connectivity index (χ3n) is 3.93. The molecule has 0 saturated heterocycles. The lowest BCUT2D eigenvalue weighted by atomic mass is 9.86. The van der Waals surface area contributed by atoms with Crippen molar-refractivity contribution in [1.29, 1.82) is 0 Å². The third-order valence-corrected chi connectivity index (χ3v) is 3.93. The van der Waals surface area contributed by atoms with E-state index in [1.807, 2.05) is 6.92 Å². The van der Waals surface area contributed by atoms with E-state index in [1.54, 1.807) is 0 Å². The summed E-state index contributed by atoms with van der Waals surface area (Å²) in [5.74, 6) is 6.30. The van der Waals surface area contributed by atoms with Crippen LogP contribution in [0.1, 0.15) is 45.1 Å². The Morgan fingerprint density at radius 3 is 2.56 bits per heavy atom. The molecule has 18 heavy (non-hydrogen) atoms. The van der Waals surface area contributed by atoms with Crippen LogP contribution in [0.4, 0.5) is 0 Å². The van der Waals surface area contributed by atoms with E-state index in [0.29, 0.717) is 11.5 Å². The highest BCUT2D eigenvalue weighted by molar-refractivity contribution is 5.34. The molecule has 1 aromatic carbocycles. The summed E-state index contributed by atoms with van der Waals surface area (Å²) < 4.78 is 0. The molecule has 1 nitrogen and oxygen atoms in total. The van der Waals surface area contributed by atoms with E-state index >= 15 is 0 Å². The van der Waals surface area contributed by atoms with Gasteiger partial charge in [0.05, 0.1) is 0 Å². The molecule has 1 aliphatic rings. The first-order valence-electron chi connectivity index (χ1n) is 7.02. The first-order chi connectivity index (χ1) is 8.83. The van der Waals surface area contributed by atoms with Crippen LogP contribution in [-0.4, -0.2) is 12.6 Å². The summed E-state index contributed by atoms with van der Waals surface area (Å²) in [6, 6.07) is 11.4. The lowest BCUT2D eigenvalue weighted by molar-refractivity contribution is 0.422. The molecule has 0 heterocycles. The van der Waals surface area contributed by atoms with Crippen LogP contribution in [0.15, 0.2) is 30.3 Å². The maximum Gasteiger partial charge on any atom is 0.0273 e. The van der Waals surface area contributed by atoms with Crippen molar-refractivity contribution in [1.82, 2.24) is 5.32 Å². The van der Waals surface area contributed by atoms with E-state index in [1.165, 1.54) is 24.8 Å². The molecule has 1 saturated carbocycles. The average Bonchev–Trinajstić information content (AvgIpc) is 3.21. The zero-order valence-electron chi connectivity index (χ0n) is 11.5. The number of rotatable bonds is 6. The van der Waals surface area contributed by atoms with Crippen LogP contribution in [0.3, 0.4) is 0 Å². The maximum atomic E-state index is 3.70. The highest BCUT2D eigenvalue weighted by Crippen LogP contribution is 2.51. The molecule has 2 rings (SSSR count). The molecule has 1 N–H and O–H groups in total. The number of hydrogen-bond acceptors (Lipinski definition) is 1. The van der Waals surface area contributed by atoms with Gasteiger partial charge in [-0.3, -0.25) is 0 Å². The van der Waals surface area contributed by atoms with Gasteiger partial charge in [-0.05, 0) is 38.3 Å². The summed E-state index contributed by atoms with van der Waals surface area (Å²) in [6.45, 7) is 5.24. The molecule has 0 bridgehead atoms. The Morgan fingerprint density at radius 1 is 1.28 bits per heavy atom. The quantitative estimate of drug-likeness (QED) is 0.752. The topological polar surface area (TPSA) is 12.0 Å². The minimum Gasteiger partial charge on any atom is -0.312 e. The second kappa shape index (κ2) is 6.07. The number of benzene rings is 1. The van der Waals surface area contributed by atoms with Gasteiger partial charge in [-0.2, -0.15) is 0 Å². The number of hydrogen-bond donors (Lipinski definition) is 1. The zero-order valence-corrected chi connectivity index (χ0v) is 11.5. The normalized spacial score (nSPS) is 17.7. The molecule has 1 heteroatoms. The lowest BCUT2D eigenvalue weighted by Gasteiger charge is -2.27. The third kappa shape index (κ3) is 2.76. The summed E-state index contributed by atoms with van der Waals surface area (Å²) >= 11 is 0. The molecule has 96 valence electrons. The molecule has 1 fully saturated rings. The van der Waals surface area contributed by atoms with Crippen LogP contribution in [0.5, 0.6) is 0 Å². The summed E-state index contributed by atoms with van der Waals surface area (Å²) in [5, 5.41) is 3.70. The SMILES string of the molecule is CC#CCC(NCCC)C1(c2ccccc2)CC1. The van der Waals surface area contributed by atoms with Crippen molar-refractivity contribution < 1.29 is 0 Å². The van der Waals surface area contributed by atoms with Gasteiger partial charge in [0.15, 0.2) is 0 Å². The Labute approximate surface area is 111 Å². The molecule has 1 aromatic rings. The summed E-state index contributed by atoms with van der Waals surface area (Å²) in [6.07, 6.45) is 4.74. The van der Waals surface area contributed by atoms with E-state index in [2.05, 4.69) is 54.4 Å². The van der Waals surface area contributed by atoms with Gasteiger partial charge in [-0.1, -0.05) is 37.3 Å². The van der Waals surface area contributed by atoms with Gasteiger partial charge < -0.3 is 5.32 Å². The minimum absolute atomic E-state index is 0.347. The second-order valence-electron chi connectivity index (χ2n) is 5.16. The van der Waals surface area contributed by atoms with Crippen molar-refractivity contribution in [3.8, 4) is 11.8 Å². The van der Waals surface area contributed by atoms with Crippen molar-refractivity contribution in [2.24, 2.45) is 0 Å². The van der Waals surface area contributed by atoms with Gasteiger partial charge in [0.2, 0.25) is 0 Å². The fourth-order valence-electron chi connectivity index (χ4n) is 2.73. The van der Waals surface area contributed by atoms with E-state index in [9.17, 15) is 0 Å². The molecule has 0 amide bonds. The Bertz CT molecular complexity index is 420. The minimum atomic E-state index is 0.347. The molecule has 0 aromatic heterocycles. The summed E-state index contributed by atoms with van der Waals surface area (Å²) in [4.78, 5) is 0. The molecule has 0 spiro atoms. The molecular formula is C17H23N. The standard InChI is InChI=1S/C17H23N/c1-3-5-11-16(18-14-4-2)17(12-13-17)15-9-7-6-8-10-15/h6-10,16,18H,4,11-14H2,1-2H3. The largest absolute Gasteiger partial charge is 0.312 e. The lowest BCUT2D eigenvalue weighted by Crippen LogP contribution is -2.40. The predicted octanol–water partition coefficient (Wildman–Crippen LogP) is 3.50. The average molecular weight is 241 g/mol. The predicted molar refractivity (Wildman–Crippen MR) is 77.5 cm³/mol. The van der Waals surface area contributed by atoms with Crippen molar-refractivity contribution in [3.05, 3.63) is 35.9 Å². The van der Waals surface area contributed by atoms with Gasteiger partial charge in [0, 0.05) is 17.9 Å². The number of nitrogens with one attached hydrogen (secondary N) is 1. The van der Waals surface area contributed by atoms with Gasteiger partial charge in [-0.15, -0.1) is 11.8 Å². The van der Waals surface area contributed by atoms with Crippen LogP contribution in [-0.2, 0) is 5.41 Å². The summed E-state index contributed by atoms with van der Waals surface area (Å²) in [7, 11) is 0. The van der Waals surface area contributed by atoms with Gasteiger partial charge >= 0.3 is 0 Å². The Morgan fingerprint density at radius 2 is 2.00 bits per heavy atom. The maximum absolute atomic E-state index is 3.70. The molecule has 0 aliphatic heterocycles. The van der Waals surface area contributed by atoms with Gasteiger partial charge in [0.1, 0.15) is 0 Å². The van der Waals surface area contributed by atoms with E-state index in [4.69, 9.17) is 0 Å². The van der Waals surface area contributed by atoms with Crippen LogP contribution in [0, 0.1) is 11.8 Å². The smallest absolute Gasteiger partial charge is 0.0273 e. The van der Waals surface area contributed by atoms with Crippen LogP contribution < -0.4 is 5.32 Å². The highest BCUT2D eigenvalue weighted by Gasteiger charge is 2.49.